The zero-order chi connectivity index (χ0) is 22.0. The van der Waals surface area contributed by atoms with Crippen molar-refractivity contribution in [3.63, 3.8) is 0 Å². The summed E-state index contributed by atoms with van der Waals surface area (Å²) in [6, 6.07) is 8.43. The van der Waals surface area contributed by atoms with Crippen molar-refractivity contribution in [1.82, 2.24) is 15.3 Å². The lowest BCUT2D eigenvalue weighted by atomic mass is 9.92. The molecule has 1 aromatic carbocycles. The number of hydrogen-bond acceptors (Lipinski definition) is 7. The van der Waals surface area contributed by atoms with Gasteiger partial charge in [0, 0.05) is 17.3 Å². The number of ether oxygens (including phenoxy) is 3. The minimum absolute atomic E-state index is 0.0653. The number of anilines is 2. The molecule has 2 aromatic rings. The molecule has 4 atom stereocenters. The number of amides is 2. The van der Waals surface area contributed by atoms with E-state index >= 15 is 0 Å². The molecule has 166 valence electrons. The Morgan fingerprint density at radius 2 is 1.74 bits per heavy atom. The lowest BCUT2D eigenvalue weighted by Crippen LogP contribution is -2.46. The molecule has 9 nitrogen and oxygen atoms in total. The van der Waals surface area contributed by atoms with Crippen molar-refractivity contribution in [2.45, 2.75) is 50.5 Å². The van der Waals surface area contributed by atoms with Crippen molar-refractivity contribution in [3.8, 4) is 5.75 Å². The minimum Gasteiger partial charge on any atom is -0.497 e. The highest BCUT2D eigenvalue weighted by Crippen LogP contribution is 2.29. The van der Waals surface area contributed by atoms with Crippen LogP contribution in [0, 0.1) is 0 Å². The Balaban J connectivity index is 1.33. The van der Waals surface area contributed by atoms with Crippen molar-refractivity contribution in [2.75, 3.05) is 31.0 Å². The molecule has 1 aromatic heterocycles. The molecule has 0 bridgehead atoms. The molecule has 0 spiro atoms. The predicted molar refractivity (Wildman–Crippen MR) is 117 cm³/mol. The first-order chi connectivity index (χ1) is 14.8. The Morgan fingerprint density at radius 3 is 2.42 bits per heavy atom. The number of urea groups is 1. The first kappa shape index (κ1) is 21.3. The highest BCUT2D eigenvalue weighted by Gasteiger charge is 2.48. The van der Waals surface area contributed by atoms with Gasteiger partial charge in [-0.15, -0.1) is 0 Å². The van der Waals surface area contributed by atoms with Crippen LogP contribution in [-0.2, 0) is 14.9 Å². The van der Waals surface area contributed by atoms with E-state index < -0.39 is 0 Å². The summed E-state index contributed by atoms with van der Waals surface area (Å²) in [7, 11) is 1.60. The number of nitrogens with one attached hydrogen (secondary N) is 3. The van der Waals surface area contributed by atoms with Crippen LogP contribution in [0.4, 0.5) is 16.4 Å². The summed E-state index contributed by atoms with van der Waals surface area (Å²) in [6.45, 7) is 7.17. The molecule has 31 heavy (non-hydrogen) atoms. The second-order valence-corrected chi connectivity index (χ2v) is 8.80. The van der Waals surface area contributed by atoms with Gasteiger partial charge in [-0.3, -0.25) is 0 Å². The van der Waals surface area contributed by atoms with Gasteiger partial charge < -0.3 is 30.2 Å². The number of methoxy groups -OCH3 is 1. The molecule has 3 N–H and O–H groups in total. The van der Waals surface area contributed by atoms with Crippen LogP contribution in [0.25, 0.3) is 0 Å². The molecule has 0 unspecified atom stereocenters. The number of fused-ring (bicyclic) bond motifs is 1. The zero-order valence-corrected chi connectivity index (χ0v) is 18.2. The molecule has 2 saturated heterocycles. The number of aromatic nitrogens is 2. The fourth-order valence-electron chi connectivity index (χ4n) is 3.77. The molecule has 9 heteroatoms. The van der Waals surface area contributed by atoms with Gasteiger partial charge in [0.1, 0.15) is 18.0 Å². The van der Waals surface area contributed by atoms with E-state index in [1.54, 1.807) is 37.6 Å². The Bertz CT molecular complexity index is 915. The fraction of sp³-hybridized carbons (Fsp3) is 0.500. The van der Waals surface area contributed by atoms with Gasteiger partial charge >= 0.3 is 6.03 Å². The quantitative estimate of drug-likeness (QED) is 0.673. The normalized spacial score (nSPS) is 25.0. The molecule has 2 fully saturated rings. The maximum atomic E-state index is 12.4. The van der Waals surface area contributed by atoms with Gasteiger partial charge in [0.25, 0.3) is 0 Å². The van der Waals surface area contributed by atoms with Gasteiger partial charge in [-0.05, 0) is 30.3 Å². The topological polar surface area (TPSA) is 107 Å². The number of benzene rings is 1. The van der Waals surface area contributed by atoms with Gasteiger partial charge in [0.15, 0.2) is 0 Å². The summed E-state index contributed by atoms with van der Waals surface area (Å²) < 4.78 is 17.0. The number of carbonyl (C=O) groups is 1. The number of nitrogens with zero attached hydrogens (tertiary/aromatic N) is 2. The molecular formula is C22H29N5O4. The van der Waals surface area contributed by atoms with E-state index in [1.165, 1.54) is 0 Å². The lowest BCUT2D eigenvalue weighted by Gasteiger charge is -2.21. The van der Waals surface area contributed by atoms with Crippen LogP contribution in [0.1, 0.15) is 26.5 Å². The summed E-state index contributed by atoms with van der Waals surface area (Å²) in [6.07, 6.45) is 1.34. The maximum absolute atomic E-state index is 12.4. The first-order valence-corrected chi connectivity index (χ1v) is 10.4. The van der Waals surface area contributed by atoms with Crippen molar-refractivity contribution in [2.24, 2.45) is 0 Å². The van der Waals surface area contributed by atoms with Gasteiger partial charge in [0.2, 0.25) is 5.95 Å². The van der Waals surface area contributed by atoms with E-state index in [0.717, 1.165) is 11.4 Å². The third-order valence-corrected chi connectivity index (χ3v) is 5.46. The molecule has 3 heterocycles. The number of rotatable bonds is 5. The highest BCUT2D eigenvalue weighted by molar-refractivity contribution is 5.89. The monoisotopic (exact) mass is 427 g/mol. The van der Waals surface area contributed by atoms with Crippen molar-refractivity contribution in [1.29, 1.82) is 0 Å². The van der Waals surface area contributed by atoms with Gasteiger partial charge in [0.05, 0.1) is 38.1 Å². The Kier molecular flexibility index (Phi) is 5.97. The van der Waals surface area contributed by atoms with E-state index in [-0.39, 0.29) is 35.7 Å². The van der Waals surface area contributed by atoms with Gasteiger partial charge in [-0.1, -0.05) is 20.8 Å². The maximum Gasteiger partial charge on any atom is 0.319 e. The van der Waals surface area contributed by atoms with Gasteiger partial charge in [-0.25, -0.2) is 14.8 Å². The van der Waals surface area contributed by atoms with Crippen LogP contribution < -0.4 is 20.7 Å². The Morgan fingerprint density at radius 1 is 1.06 bits per heavy atom. The first-order valence-electron chi connectivity index (χ1n) is 10.4. The van der Waals surface area contributed by atoms with Crippen LogP contribution in [-0.4, -0.2) is 60.6 Å². The summed E-state index contributed by atoms with van der Waals surface area (Å²) in [5.74, 6) is 1.28. The van der Waals surface area contributed by atoms with Gasteiger partial charge in [-0.2, -0.15) is 0 Å². The van der Waals surface area contributed by atoms with Crippen LogP contribution in [0.3, 0.4) is 0 Å². The third kappa shape index (κ3) is 4.88. The molecule has 0 aliphatic carbocycles. The van der Waals surface area contributed by atoms with E-state index in [0.29, 0.717) is 24.8 Å². The third-order valence-electron chi connectivity index (χ3n) is 5.46. The molecule has 2 amide bonds. The van der Waals surface area contributed by atoms with E-state index in [2.05, 4.69) is 46.7 Å². The fourth-order valence-corrected chi connectivity index (χ4v) is 3.77. The summed E-state index contributed by atoms with van der Waals surface area (Å²) in [4.78, 5) is 21.4. The average molecular weight is 428 g/mol. The number of hydrogen-bond donors (Lipinski definition) is 3. The van der Waals surface area contributed by atoms with E-state index in [9.17, 15) is 4.79 Å². The molecule has 0 saturated carbocycles. The van der Waals surface area contributed by atoms with E-state index in [1.807, 2.05) is 6.07 Å². The molecular weight excluding hydrogens is 398 g/mol. The molecule has 2 aliphatic rings. The molecule has 0 radical (unpaired) electrons. The van der Waals surface area contributed by atoms with Crippen LogP contribution >= 0.6 is 0 Å². The Hall–Kier alpha value is -2.91. The molecule has 2 aliphatic heterocycles. The van der Waals surface area contributed by atoms with Crippen LogP contribution in [0.2, 0.25) is 0 Å². The smallest absolute Gasteiger partial charge is 0.319 e. The predicted octanol–water partition coefficient (Wildman–Crippen LogP) is 2.55. The van der Waals surface area contributed by atoms with Crippen molar-refractivity contribution < 1.29 is 19.0 Å². The van der Waals surface area contributed by atoms with Crippen LogP contribution in [0.5, 0.6) is 5.75 Å². The summed E-state index contributed by atoms with van der Waals surface area (Å²) >= 11 is 0. The molecule has 4 rings (SSSR count). The summed E-state index contributed by atoms with van der Waals surface area (Å²) in [5, 5.41) is 9.11. The average Bonchev–Trinajstić information content (AvgIpc) is 3.32. The lowest BCUT2D eigenvalue weighted by molar-refractivity contribution is 0.0683. The zero-order valence-electron chi connectivity index (χ0n) is 18.2. The highest BCUT2D eigenvalue weighted by atomic mass is 16.6. The summed E-state index contributed by atoms with van der Waals surface area (Å²) in [5.41, 5.74) is 1.57. The van der Waals surface area contributed by atoms with Crippen molar-refractivity contribution in [3.05, 3.63) is 42.2 Å². The second-order valence-electron chi connectivity index (χ2n) is 8.80. The number of carbonyl (C=O) groups excluding carboxylic acids is 1. The van der Waals surface area contributed by atoms with Crippen molar-refractivity contribution >= 4 is 17.7 Å². The largest absolute Gasteiger partial charge is 0.497 e. The minimum atomic E-state index is -0.305. The second kappa shape index (κ2) is 8.68. The standard InChI is InChI=1S/C22H29N5O4/c1-22(2,3)17-9-10-23-20(27-17)25-15-11-30-19-16(12-31-18(15)19)26-21(28)24-13-5-7-14(29-4)8-6-13/h5-10,15-16,18-19H,11-12H2,1-4H3,(H,23,25,27)(H2,24,26,28)/t15-,16+,18-,19+/m1/s1. The Labute approximate surface area is 181 Å². The van der Waals surface area contributed by atoms with Crippen LogP contribution in [0.15, 0.2) is 36.5 Å². The van der Waals surface area contributed by atoms with E-state index in [4.69, 9.17) is 14.2 Å². The SMILES string of the molecule is COc1ccc(NC(=O)N[C@H]2CO[C@H]3[C@H]2OC[C@H]3Nc2nccc(C(C)(C)C)n2)cc1.